The number of carbonyl (C=O) groups is 1. The van der Waals surface area contributed by atoms with Crippen molar-refractivity contribution < 1.29 is 13.9 Å². The number of rotatable bonds is 5. The van der Waals surface area contributed by atoms with Gasteiger partial charge >= 0.3 is 0 Å². The third-order valence-electron chi connectivity index (χ3n) is 5.56. The third-order valence-corrected chi connectivity index (χ3v) is 5.56. The Morgan fingerprint density at radius 2 is 1.85 bits per heavy atom. The fraction of sp³-hybridized carbons (Fsp3) is 0.318. The number of nitrogens with one attached hydrogen (secondary N) is 2. The summed E-state index contributed by atoms with van der Waals surface area (Å²) in [4.78, 5) is 15.8. The summed E-state index contributed by atoms with van der Waals surface area (Å²) in [6.07, 6.45) is 3.85. The molecule has 0 aliphatic carbocycles. The Hall–Kier alpha value is -2.66. The molecule has 140 valence electrons. The largest absolute Gasteiger partial charge is 0.381 e. The van der Waals surface area contributed by atoms with Crippen LogP contribution in [0.5, 0.6) is 0 Å². The highest BCUT2D eigenvalue weighted by Gasteiger charge is 2.34. The molecule has 0 radical (unpaired) electrons. The molecule has 2 aromatic carbocycles. The summed E-state index contributed by atoms with van der Waals surface area (Å²) in [6.45, 7) is 1.83. The number of aromatic nitrogens is 1. The van der Waals surface area contributed by atoms with Crippen molar-refractivity contribution in [1.29, 1.82) is 0 Å². The number of hydrogen-bond donors (Lipinski definition) is 2. The van der Waals surface area contributed by atoms with Crippen LogP contribution in [0, 0.1) is 5.82 Å². The normalized spacial score (nSPS) is 16.3. The van der Waals surface area contributed by atoms with Crippen LogP contribution in [0.3, 0.4) is 0 Å². The number of hydrogen-bond acceptors (Lipinski definition) is 2. The first-order valence-corrected chi connectivity index (χ1v) is 9.32. The van der Waals surface area contributed by atoms with Crippen LogP contribution < -0.4 is 5.32 Å². The van der Waals surface area contributed by atoms with Crippen LogP contribution in [0.2, 0.25) is 0 Å². The molecule has 0 spiro atoms. The topological polar surface area (TPSA) is 54.1 Å². The van der Waals surface area contributed by atoms with Crippen molar-refractivity contribution in [3.63, 3.8) is 0 Å². The lowest BCUT2D eigenvalue weighted by Crippen LogP contribution is -2.45. The molecule has 0 saturated carbocycles. The first-order chi connectivity index (χ1) is 13.2. The van der Waals surface area contributed by atoms with E-state index in [0.29, 0.717) is 26.2 Å². The van der Waals surface area contributed by atoms with Gasteiger partial charge in [0.1, 0.15) is 5.82 Å². The third kappa shape index (κ3) is 3.74. The Morgan fingerprint density at radius 1 is 1.11 bits per heavy atom. The van der Waals surface area contributed by atoms with Crippen molar-refractivity contribution in [2.75, 3.05) is 19.8 Å². The number of benzene rings is 2. The summed E-state index contributed by atoms with van der Waals surface area (Å²) >= 11 is 0. The van der Waals surface area contributed by atoms with Crippen LogP contribution in [0.1, 0.15) is 24.0 Å². The fourth-order valence-electron chi connectivity index (χ4n) is 3.91. The smallest absolute Gasteiger partial charge is 0.224 e. The molecule has 4 rings (SSSR count). The highest BCUT2D eigenvalue weighted by Crippen LogP contribution is 2.34. The molecule has 0 atom stereocenters. The van der Waals surface area contributed by atoms with Gasteiger partial charge in [0.25, 0.3) is 0 Å². The van der Waals surface area contributed by atoms with Gasteiger partial charge in [0.15, 0.2) is 0 Å². The van der Waals surface area contributed by atoms with Gasteiger partial charge in [-0.05, 0) is 42.2 Å². The Labute approximate surface area is 157 Å². The highest BCUT2D eigenvalue weighted by atomic mass is 19.1. The van der Waals surface area contributed by atoms with Gasteiger partial charge in [-0.25, -0.2) is 4.39 Å². The summed E-state index contributed by atoms with van der Waals surface area (Å²) < 4.78 is 18.9. The molecule has 1 amide bonds. The van der Waals surface area contributed by atoms with Crippen molar-refractivity contribution in [2.24, 2.45) is 0 Å². The number of carbonyl (C=O) groups excluding carboxylic acids is 1. The van der Waals surface area contributed by atoms with Crippen LogP contribution in [0.25, 0.3) is 10.9 Å². The molecule has 2 N–H and O–H groups in total. The number of fused-ring (bicyclic) bond motifs is 1. The van der Waals surface area contributed by atoms with Crippen molar-refractivity contribution in [1.82, 2.24) is 10.3 Å². The molecule has 1 aliphatic rings. The maximum Gasteiger partial charge on any atom is 0.224 e. The molecular formula is C22H23FN2O2. The van der Waals surface area contributed by atoms with E-state index >= 15 is 0 Å². The number of amides is 1. The predicted molar refractivity (Wildman–Crippen MR) is 103 cm³/mol. The molecule has 1 saturated heterocycles. The molecule has 4 nitrogen and oxygen atoms in total. The lowest BCUT2D eigenvalue weighted by molar-refractivity contribution is -0.120. The van der Waals surface area contributed by atoms with Crippen molar-refractivity contribution in [3.05, 3.63) is 71.7 Å². The number of H-pyrrole nitrogens is 1. The SMILES string of the molecule is O=C(Cc1c[nH]c2ccccc12)NCC1(c2ccc(F)cc2)CCOCC1. The van der Waals surface area contributed by atoms with E-state index in [1.807, 2.05) is 42.6 Å². The molecule has 1 aliphatic heterocycles. The van der Waals surface area contributed by atoms with Crippen molar-refractivity contribution in [2.45, 2.75) is 24.7 Å². The monoisotopic (exact) mass is 366 g/mol. The van der Waals surface area contributed by atoms with Gasteiger partial charge in [-0.3, -0.25) is 4.79 Å². The van der Waals surface area contributed by atoms with Crippen LogP contribution in [0.15, 0.2) is 54.7 Å². The average molecular weight is 366 g/mol. The van der Waals surface area contributed by atoms with Gasteiger partial charge in [-0.1, -0.05) is 30.3 Å². The van der Waals surface area contributed by atoms with Gasteiger partial charge in [0.05, 0.1) is 6.42 Å². The number of para-hydroxylation sites is 1. The van der Waals surface area contributed by atoms with Crippen LogP contribution in [0.4, 0.5) is 4.39 Å². The molecule has 0 bridgehead atoms. The zero-order chi connectivity index (χ0) is 18.7. The standard InChI is InChI=1S/C22H23FN2O2/c23-18-7-5-17(6-8-18)22(9-11-27-12-10-22)15-25-21(26)13-16-14-24-20-4-2-1-3-19(16)20/h1-8,14,24H,9-13,15H2,(H,25,26). The highest BCUT2D eigenvalue weighted by molar-refractivity contribution is 5.88. The van der Waals surface area contributed by atoms with Crippen LogP contribution in [-0.4, -0.2) is 30.6 Å². The Balaban J connectivity index is 1.47. The van der Waals surface area contributed by atoms with E-state index < -0.39 is 0 Å². The maximum atomic E-state index is 13.3. The molecule has 3 aromatic rings. The Kier molecular flexibility index (Phi) is 4.94. The molecule has 27 heavy (non-hydrogen) atoms. The first kappa shape index (κ1) is 17.7. The summed E-state index contributed by atoms with van der Waals surface area (Å²) in [5.41, 5.74) is 2.87. The molecule has 5 heteroatoms. The molecule has 2 heterocycles. The second-order valence-corrected chi connectivity index (χ2v) is 7.21. The maximum absolute atomic E-state index is 13.3. The van der Waals surface area contributed by atoms with Crippen molar-refractivity contribution >= 4 is 16.8 Å². The van der Waals surface area contributed by atoms with Gasteiger partial charge in [-0.2, -0.15) is 0 Å². The first-order valence-electron chi connectivity index (χ1n) is 9.32. The van der Waals surface area contributed by atoms with E-state index in [9.17, 15) is 9.18 Å². The van der Waals surface area contributed by atoms with E-state index in [0.717, 1.165) is 34.9 Å². The summed E-state index contributed by atoms with van der Waals surface area (Å²) in [5.74, 6) is -0.253. The van der Waals surface area contributed by atoms with E-state index in [4.69, 9.17) is 4.74 Å². The van der Waals surface area contributed by atoms with Gasteiger partial charge in [0.2, 0.25) is 5.91 Å². The lowest BCUT2D eigenvalue weighted by Gasteiger charge is -2.38. The minimum absolute atomic E-state index is 0.00673. The minimum Gasteiger partial charge on any atom is -0.381 e. The zero-order valence-electron chi connectivity index (χ0n) is 15.1. The number of halogens is 1. The number of ether oxygens (including phenoxy) is 1. The minimum atomic E-state index is -0.246. The van der Waals surface area contributed by atoms with E-state index in [1.54, 1.807) is 0 Å². The lowest BCUT2D eigenvalue weighted by atomic mass is 9.74. The van der Waals surface area contributed by atoms with Crippen LogP contribution in [-0.2, 0) is 21.4 Å². The van der Waals surface area contributed by atoms with E-state index in [2.05, 4.69) is 10.3 Å². The second kappa shape index (κ2) is 7.53. The second-order valence-electron chi connectivity index (χ2n) is 7.21. The van der Waals surface area contributed by atoms with Gasteiger partial charge in [0, 0.05) is 42.3 Å². The van der Waals surface area contributed by atoms with Gasteiger partial charge in [-0.15, -0.1) is 0 Å². The quantitative estimate of drug-likeness (QED) is 0.723. The van der Waals surface area contributed by atoms with Gasteiger partial charge < -0.3 is 15.0 Å². The summed E-state index contributed by atoms with van der Waals surface area (Å²) in [6, 6.07) is 14.6. The molecular weight excluding hydrogens is 343 g/mol. The fourth-order valence-corrected chi connectivity index (χ4v) is 3.91. The van der Waals surface area contributed by atoms with Crippen LogP contribution >= 0.6 is 0 Å². The summed E-state index contributed by atoms with van der Waals surface area (Å²) in [7, 11) is 0. The average Bonchev–Trinajstić information content (AvgIpc) is 3.11. The van der Waals surface area contributed by atoms with Crippen molar-refractivity contribution in [3.8, 4) is 0 Å². The molecule has 1 fully saturated rings. The molecule has 1 aromatic heterocycles. The Bertz CT molecular complexity index is 927. The summed E-state index contributed by atoms with van der Waals surface area (Å²) in [5, 5.41) is 4.18. The number of aromatic amines is 1. The van der Waals surface area contributed by atoms with E-state index in [-0.39, 0.29) is 17.1 Å². The Morgan fingerprint density at radius 3 is 2.63 bits per heavy atom. The predicted octanol–water partition coefficient (Wildman–Crippen LogP) is 3.71. The zero-order valence-corrected chi connectivity index (χ0v) is 15.1. The molecule has 0 unspecified atom stereocenters. The van der Waals surface area contributed by atoms with E-state index in [1.165, 1.54) is 12.1 Å².